The first kappa shape index (κ1) is 3.50. The fourth-order valence-corrected chi connectivity index (χ4v) is 1.04. The first-order valence-electron chi connectivity index (χ1n) is 2.67. The maximum atomic E-state index is 3.20. The molecule has 38 valence electrons. The minimum absolute atomic E-state index is 0.736. The zero-order valence-corrected chi connectivity index (χ0v) is 4.09. The Hall–Kier alpha value is -0.500. The van der Waals surface area contributed by atoms with Gasteiger partial charge in [-0.15, -0.1) is 0 Å². The maximum Gasteiger partial charge on any atom is 0.0658 e. The number of nitrogens with zero attached hydrogens (tertiary/aromatic N) is 1. The summed E-state index contributed by atoms with van der Waals surface area (Å²) in [5.74, 6) is 0. The molecule has 0 amide bonds. The number of fused-ring (bicyclic) bond motifs is 1. The lowest BCUT2D eigenvalue weighted by atomic mass is 10.2. The van der Waals surface area contributed by atoms with Crippen LogP contribution in [-0.2, 0) is 0 Å². The van der Waals surface area contributed by atoms with Gasteiger partial charge in [-0.25, -0.2) is 5.43 Å². The van der Waals surface area contributed by atoms with Gasteiger partial charge in [0.25, 0.3) is 0 Å². The smallest absolute Gasteiger partial charge is 0.0658 e. The van der Waals surface area contributed by atoms with Crippen LogP contribution in [0.4, 0.5) is 0 Å². The van der Waals surface area contributed by atoms with Crippen molar-refractivity contribution >= 4 is 0 Å². The second-order valence-corrected chi connectivity index (χ2v) is 2.01. The van der Waals surface area contributed by atoms with Crippen molar-refractivity contribution < 1.29 is 0 Å². The molecule has 1 atom stereocenters. The Bertz CT molecular complexity index is 96.6. The predicted molar refractivity (Wildman–Crippen MR) is 27.4 cm³/mol. The highest BCUT2D eigenvalue weighted by Crippen LogP contribution is 2.17. The fraction of sp³-hybridized carbons (Fsp3) is 0.600. The van der Waals surface area contributed by atoms with E-state index in [0.29, 0.717) is 0 Å². The van der Waals surface area contributed by atoms with Crippen LogP contribution in [0.3, 0.4) is 0 Å². The molecule has 2 rings (SSSR count). The van der Waals surface area contributed by atoms with Gasteiger partial charge in [0.15, 0.2) is 0 Å². The molecule has 0 aromatic heterocycles. The minimum Gasteiger partial charge on any atom is -0.309 e. The fourth-order valence-electron chi connectivity index (χ4n) is 1.04. The molecule has 2 aliphatic heterocycles. The lowest BCUT2D eigenvalue weighted by Crippen LogP contribution is -2.36. The monoisotopic (exact) mass is 96.1 g/mol. The summed E-state index contributed by atoms with van der Waals surface area (Å²) in [4.78, 5) is 0. The van der Waals surface area contributed by atoms with Gasteiger partial charge in [0, 0.05) is 12.7 Å². The first-order valence-corrected chi connectivity index (χ1v) is 2.67. The van der Waals surface area contributed by atoms with Crippen LogP contribution >= 0.6 is 0 Å². The van der Waals surface area contributed by atoms with E-state index in [1.165, 1.54) is 6.42 Å². The average Bonchev–Trinajstić information content (AvgIpc) is 1.85. The Balaban J connectivity index is 2.17. The van der Waals surface area contributed by atoms with Crippen molar-refractivity contribution in [3.8, 4) is 0 Å². The molecule has 0 aromatic carbocycles. The molecule has 0 aromatic rings. The van der Waals surface area contributed by atoms with Crippen LogP contribution in [0.1, 0.15) is 6.42 Å². The molecular formula is C5H8N2. The Kier molecular flexibility index (Phi) is 0.504. The van der Waals surface area contributed by atoms with Gasteiger partial charge >= 0.3 is 0 Å². The SMILES string of the molecule is C1=CN2NCCC12. The Morgan fingerprint density at radius 3 is 3.00 bits per heavy atom. The molecule has 1 fully saturated rings. The highest BCUT2D eigenvalue weighted by Gasteiger charge is 2.24. The molecule has 7 heavy (non-hydrogen) atoms. The van der Waals surface area contributed by atoms with Crippen molar-refractivity contribution in [3.63, 3.8) is 0 Å². The first-order chi connectivity index (χ1) is 3.47. The van der Waals surface area contributed by atoms with Crippen molar-refractivity contribution in [2.75, 3.05) is 6.54 Å². The number of nitrogens with one attached hydrogen (secondary N) is 1. The summed E-state index contributed by atoms with van der Waals surface area (Å²) in [5, 5.41) is 2.15. The number of rotatable bonds is 0. The van der Waals surface area contributed by atoms with E-state index in [2.05, 4.69) is 22.7 Å². The van der Waals surface area contributed by atoms with Gasteiger partial charge in [-0.05, 0) is 12.5 Å². The van der Waals surface area contributed by atoms with Crippen LogP contribution in [0.15, 0.2) is 12.3 Å². The summed E-state index contributed by atoms with van der Waals surface area (Å²) in [6.07, 6.45) is 5.59. The summed E-state index contributed by atoms with van der Waals surface area (Å²) in [7, 11) is 0. The van der Waals surface area contributed by atoms with Gasteiger partial charge in [-0.3, -0.25) is 0 Å². The van der Waals surface area contributed by atoms with E-state index in [9.17, 15) is 0 Å². The highest BCUT2D eigenvalue weighted by molar-refractivity contribution is 5.08. The Morgan fingerprint density at radius 1 is 1.71 bits per heavy atom. The summed E-state index contributed by atoms with van der Waals surface area (Å²) in [5.41, 5.74) is 3.20. The van der Waals surface area contributed by atoms with Crippen LogP contribution in [0.25, 0.3) is 0 Å². The van der Waals surface area contributed by atoms with Crippen molar-refractivity contribution in [1.82, 2.24) is 10.4 Å². The van der Waals surface area contributed by atoms with Gasteiger partial charge in [-0.2, -0.15) is 0 Å². The predicted octanol–water partition coefficient (Wildman–Crippen LogP) is 0.0926. The Labute approximate surface area is 42.8 Å². The molecule has 0 bridgehead atoms. The van der Waals surface area contributed by atoms with E-state index in [0.717, 1.165) is 12.6 Å². The molecule has 1 saturated heterocycles. The third-order valence-electron chi connectivity index (χ3n) is 1.56. The largest absolute Gasteiger partial charge is 0.309 e. The third-order valence-corrected chi connectivity index (χ3v) is 1.56. The molecule has 0 radical (unpaired) electrons. The van der Waals surface area contributed by atoms with Gasteiger partial charge in [0.2, 0.25) is 0 Å². The summed E-state index contributed by atoms with van der Waals surface area (Å²) < 4.78 is 0. The van der Waals surface area contributed by atoms with Crippen molar-refractivity contribution in [1.29, 1.82) is 0 Å². The van der Waals surface area contributed by atoms with E-state index in [1.54, 1.807) is 0 Å². The summed E-state index contributed by atoms with van der Waals surface area (Å²) >= 11 is 0. The standard InChI is InChI=1S/C5H8N2/c1-3-6-7-4-2-5(1)7/h2,4-6H,1,3H2. The van der Waals surface area contributed by atoms with Crippen molar-refractivity contribution in [2.24, 2.45) is 0 Å². The minimum atomic E-state index is 0.736. The highest BCUT2D eigenvalue weighted by atomic mass is 15.5. The second kappa shape index (κ2) is 1.01. The molecule has 2 aliphatic rings. The number of hydrogen-bond donors (Lipinski definition) is 1. The van der Waals surface area contributed by atoms with Gasteiger partial charge < -0.3 is 5.01 Å². The molecule has 2 nitrogen and oxygen atoms in total. The third kappa shape index (κ3) is 0.320. The second-order valence-electron chi connectivity index (χ2n) is 2.01. The zero-order chi connectivity index (χ0) is 4.69. The Morgan fingerprint density at radius 2 is 2.71 bits per heavy atom. The summed E-state index contributed by atoms with van der Waals surface area (Å²) in [6, 6.07) is 0.736. The van der Waals surface area contributed by atoms with Gasteiger partial charge in [0.05, 0.1) is 6.04 Å². The van der Waals surface area contributed by atoms with Crippen LogP contribution in [0, 0.1) is 0 Å². The lowest BCUT2D eigenvalue weighted by molar-refractivity contribution is 0.271. The normalized spacial score (nSPS) is 35.4. The average molecular weight is 96.1 g/mol. The molecule has 0 aliphatic carbocycles. The lowest BCUT2D eigenvalue weighted by Gasteiger charge is -2.26. The molecule has 1 N–H and O–H groups in total. The van der Waals surface area contributed by atoms with Gasteiger partial charge in [-0.1, -0.05) is 0 Å². The summed E-state index contributed by atoms with van der Waals surface area (Å²) in [6.45, 7) is 1.15. The maximum absolute atomic E-state index is 3.20. The quantitative estimate of drug-likeness (QED) is 0.460. The molecular weight excluding hydrogens is 88.1 g/mol. The van der Waals surface area contributed by atoms with Crippen LogP contribution < -0.4 is 5.43 Å². The van der Waals surface area contributed by atoms with Crippen molar-refractivity contribution in [2.45, 2.75) is 12.5 Å². The van der Waals surface area contributed by atoms with Crippen LogP contribution in [-0.4, -0.2) is 17.6 Å². The molecule has 0 saturated carbocycles. The van der Waals surface area contributed by atoms with E-state index < -0.39 is 0 Å². The van der Waals surface area contributed by atoms with E-state index >= 15 is 0 Å². The number of hydrazine groups is 1. The van der Waals surface area contributed by atoms with E-state index in [-0.39, 0.29) is 0 Å². The molecule has 2 heterocycles. The van der Waals surface area contributed by atoms with Crippen molar-refractivity contribution in [3.05, 3.63) is 12.3 Å². The number of hydrogen-bond acceptors (Lipinski definition) is 2. The molecule has 1 unspecified atom stereocenters. The zero-order valence-electron chi connectivity index (χ0n) is 4.09. The molecule has 0 spiro atoms. The van der Waals surface area contributed by atoms with Crippen LogP contribution in [0.5, 0.6) is 0 Å². The topological polar surface area (TPSA) is 15.3 Å². The van der Waals surface area contributed by atoms with Crippen LogP contribution in [0.2, 0.25) is 0 Å². The van der Waals surface area contributed by atoms with E-state index in [4.69, 9.17) is 0 Å². The van der Waals surface area contributed by atoms with Gasteiger partial charge in [0.1, 0.15) is 0 Å². The molecule has 2 heteroatoms. The van der Waals surface area contributed by atoms with E-state index in [1.807, 2.05) is 0 Å².